The summed E-state index contributed by atoms with van der Waals surface area (Å²) in [6.45, 7) is 24.3. The zero-order valence-electron chi connectivity index (χ0n) is 24.0. The fourth-order valence-electron chi connectivity index (χ4n) is 4.58. The highest BCUT2D eigenvalue weighted by Gasteiger charge is 2.21. The highest BCUT2D eigenvalue weighted by atomic mass is 14.3. The lowest BCUT2D eigenvalue weighted by Crippen LogP contribution is -2.10. The SMILES string of the molecule is C=C(C)C/C=C(\C)c1ccc2c(c1)C(C)CCC2C.CCCC(C)CCC.CCCCCC. The van der Waals surface area contributed by atoms with Crippen molar-refractivity contribution in [1.82, 2.24) is 0 Å². The van der Waals surface area contributed by atoms with E-state index in [1.807, 2.05) is 0 Å². The minimum absolute atomic E-state index is 0.708. The lowest BCUT2D eigenvalue weighted by atomic mass is 9.77. The Morgan fingerprint density at radius 2 is 1.39 bits per heavy atom. The second-order valence-electron chi connectivity index (χ2n) is 10.7. The summed E-state index contributed by atoms with van der Waals surface area (Å²) in [5.41, 5.74) is 7.10. The number of hydrogen-bond donors (Lipinski definition) is 0. The molecular weight excluding hydrogens is 396 g/mol. The maximum absolute atomic E-state index is 3.97. The van der Waals surface area contributed by atoms with Gasteiger partial charge in [-0.05, 0) is 73.1 Å². The number of allylic oxidation sites excluding steroid dienone is 3. The molecule has 0 nitrogen and oxygen atoms in total. The van der Waals surface area contributed by atoms with Crippen molar-refractivity contribution < 1.29 is 0 Å². The fourth-order valence-corrected chi connectivity index (χ4v) is 4.58. The maximum Gasteiger partial charge on any atom is -0.0138 e. The monoisotopic (exact) mass is 454 g/mol. The number of benzene rings is 1. The number of fused-ring (bicyclic) bond motifs is 1. The van der Waals surface area contributed by atoms with Crippen molar-refractivity contribution >= 4 is 5.57 Å². The van der Waals surface area contributed by atoms with Crippen LogP contribution in [0, 0.1) is 5.92 Å². The number of rotatable bonds is 10. The first-order valence-electron chi connectivity index (χ1n) is 14.2. The number of hydrogen-bond acceptors (Lipinski definition) is 0. The topological polar surface area (TPSA) is 0 Å². The van der Waals surface area contributed by atoms with Crippen molar-refractivity contribution in [1.29, 1.82) is 0 Å². The average molecular weight is 455 g/mol. The molecule has 190 valence electrons. The van der Waals surface area contributed by atoms with Gasteiger partial charge in [-0.15, -0.1) is 0 Å². The Hall–Kier alpha value is -1.30. The van der Waals surface area contributed by atoms with Gasteiger partial charge < -0.3 is 0 Å². The van der Waals surface area contributed by atoms with Crippen molar-refractivity contribution in [2.45, 2.75) is 145 Å². The summed E-state index contributed by atoms with van der Waals surface area (Å²) in [6.07, 6.45) is 17.0. The Balaban J connectivity index is 0.000000606. The van der Waals surface area contributed by atoms with Gasteiger partial charge in [0.2, 0.25) is 0 Å². The minimum Gasteiger partial charge on any atom is -0.0998 e. The largest absolute Gasteiger partial charge is 0.0998 e. The first-order chi connectivity index (χ1) is 15.7. The van der Waals surface area contributed by atoms with E-state index in [4.69, 9.17) is 0 Å². The predicted octanol–water partition coefficient (Wildman–Crippen LogP) is 11.9. The summed E-state index contributed by atoms with van der Waals surface area (Å²) >= 11 is 0. The van der Waals surface area contributed by atoms with Crippen LogP contribution in [0.4, 0.5) is 0 Å². The molecule has 2 atom stereocenters. The summed E-state index contributed by atoms with van der Waals surface area (Å²) in [7, 11) is 0. The third kappa shape index (κ3) is 13.9. The summed E-state index contributed by atoms with van der Waals surface area (Å²) in [6, 6.07) is 7.06. The molecule has 0 heteroatoms. The molecule has 0 fully saturated rings. The molecule has 2 unspecified atom stereocenters. The van der Waals surface area contributed by atoms with Gasteiger partial charge in [-0.25, -0.2) is 0 Å². The zero-order valence-corrected chi connectivity index (χ0v) is 24.0. The van der Waals surface area contributed by atoms with Gasteiger partial charge in [0.25, 0.3) is 0 Å². The van der Waals surface area contributed by atoms with Gasteiger partial charge in [0.1, 0.15) is 0 Å². The first kappa shape index (κ1) is 31.7. The lowest BCUT2D eigenvalue weighted by molar-refractivity contribution is 0.480. The molecule has 0 amide bonds. The van der Waals surface area contributed by atoms with Crippen molar-refractivity contribution in [2.75, 3.05) is 0 Å². The molecule has 0 aliphatic heterocycles. The normalized spacial score (nSPS) is 17.5. The second kappa shape index (κ2) is 19.1. The number of unbranched alkanes of at least 4 members (excludes halogenated alkanes) is 3. The third-order valence-electron chi connectivity index (χ3n) is 6.91. The van der Waals surface area contributed by atoms with Crippen LogP contribution in [0.2, 0.25) is 0 Å². The molecule has 0 heterocycles. The van der Waals surface area contributed by atoms with Crippen LogP contribution in [0.5, 0.6) is 0 Å². The minimum atomic E-state index is 0.708. The van der Waals surface area contributed by atoms with Crippen LogP contribution in [0.1, 0.15) is 161 Å². The van der Waals surface area contributed by atoms with Gasteiger partial charge in [-0.3, -0.25) is 0 Å². The maximum atomic E-state index is 3.97. The van der Waals surface area contributed by atoms with E-state index in [0.29, 0.717) is 5.92 Å². The van der Waals surface area contributed by atoms with Crippen molar-refractivity contribution in [3.05, 3.63) is 53.1 Å². The molecule has 0 saturated heterocycles. The molecule has 0 bridgehead atoms. The van der Waals surface area contributed by atoms with Gasteiger partial charge in [0.15, 0.2) is 0 Å². The molecule has 1 aromatic carbocycles. The van der Waals surface area contributed by atoms with Crippen molar-refractivity contribution in [2.24, 2.45) is 5.92 Å². The van der Waals surface area contributed by atoms with E-state index in [0.717, 1.165) is 18.3 Å². The molecule has 0 aromatic heterocycles. The van der Waals surface area contributed by atoms with E-state index in [1.165, 1.54) is 80.9 Å². The summed E-state index contributed by atoms with van der Waals surface area (Å²) in [5, 5.41) is 0. The van der Waals surface area contributed by atoms with Crippen molar-refractivity contribution in [3.8, 4) is 0 Å². The zero-order chi connectivity index (χ0) is 25.2. The van der Waals surface area contributed by atoms with Gasteiger partial charge in [0.05, 0.1) is 0 Å². The molecule has 0 saturated carbocycles. The Labute approximate surface area is 209 Å². The quantitative estimate of drug-likeness (QED) is 0.243. The van der Waals surface area contributed by atoms with E-state index in [2.05, 4.69) is 93.2 Å². The van der Waals surface area contributed by atoms with E-state index in [-0.39, 0.29) is 0 Å². The summed E-state index contributed by atoms with van der Waals surface area (Å²) in [4.78, 5) is 0. The Kier molecular flexibility index (Phi) is 18.3. The van der Waals surface area contributed by atoms with Gasteiger partial charge in [0, 0.05) is 0 Å². The third-order valence-corrected chi connectivity index (χ3v) is 6.91. The van der Waals surface area contributed by atoms with Gasteiger partial charge >= 0.3 is 0 Å². The molecule has 0 radical (unpaired) electrons. The Morgan fingerprint density at radius 3 is 1.85 bits per heavy atom. The Morgan fingerprint density at radius 1 is 0.879 bits per heavy atom. The smallest absolute Gasteiger partial charge is 0.0138 e. The summed E-state index contributed by atoms with van der Waals surface area (Å²) in [5.74, 6) is 2.39. The van der Waals surface area contributed by atoms with Crippen LogP contribution in [0.15, 0.2) is 36.4 Å². The predicted molar refractivity (Wildman–Crippen MR) is 154 cm³/mol. The molecule has 1 aromatic rings. The lowest BCUT2D eigenvalue weighted by Gasteiger charge is -2.28. The van der Waals surface area contributed by atoms with Crippen LogP contribution >= 0.6 is 0 Å². The van der Waals surface area contributed by atoms with E-state index < -0.39 is 0 Å². The molecule has 0 spiro atoms. The van der Waals surface area contributed by atoms with Crippen LogP contribution < -0.4 is 0 Å². The molecule has 1 aliphatic rings. The van der Waals surface area contributed by atoms with E-state index in [1.54, 1.807) is 11.1 Å². The molecule has 1 aliphatic carbocycles. The van der Waals surface area contributed by atoms with Crippen molar-refractivity contribution in [3.63, 3.8) is 0 Å². The van der Waals surface area contributed by atoms with E-state index >= 15 is 0 Å². The van der Waals surface area contributed by atoms with Crippen LogP contribution in [-0.2, 0) is 0 Å². The van der Waals surface area contributed by atoms with E-state index in [9.17, 15) is 0 Å². The molecule has 33 heavy (non-hydrogen) atoms. The second-order valence-corrected chi connectivity index (χ2v) is 10.7. The van der Waals surface area contributed by atoms with Gasteiger partial charge in [-0.2, -0.15) is 0 Å². The first-order valence-corrected chi connectivity index (χ1v) is 14.2. The van der Waals surface area contributed by atoms with Gasteiger partial charge in [-0.1, -0.05) is 136 Å². The van der Waals surface area contributed by atoms with Crippen LogP contribution in [0.25, 0.3) is 5.57 Å². The van der Waals surface area contributed by atoms with Crippen LogP contribution in [0.3, 0.4) is 0 Å². The average Bonchev–Trinajstić information content (AvgIpc) is 2.79. The highest BCUT2D eigenvalue weighted by Crippen LogP contribution is 2.39. The molecular formula is C33H58. The molecule has 0 N–H and O–H groups in total. The summed E-state index contributed by atoms with van der Waals surface area (Å²) < 4.78 is 0. The standard InChI is InChI=1S/C19H26.C8H18.C6H14/c1-13(2)6-7-14(3)17-10-11-18-15(4)8-9-16(5)19(18)12-17;1-4-6-8(3)7-5-2;1-3-5-6-4-2/h7,10-12,15-16H,1,6,8-9H2,2-5H3;8H,4-7H2,1-3H3;3-6H2,1-2H3/b14-7+;;. The fraction of sp³-hybridized carbons (Fsp3) is 0.697. The Bertz CT molecular complexity index is 653. The highest BCUT2D eigenvalue weighted by molar-refractivity contribution is 5.65. The molecule has 2 rings (SSSR count). The van der Waals surface area contributed by atoms with Crippen LogP contribution in [-0.4, -0.2) is 0 Å².